The highest BCUT2D eigenvalue weighted by atomic mass is 16.5. The highest BCUT2D eigenvalue weighted by Gasteiger charge is 2.22. The quantitative estimate of drug-likeness (QED) is 0.690. The molecule has 116 valence electrons. The maximum atomic E-state index is 11.2. The van der Waals surface area contributed by atoms with Gasteiger partial charge in [0, 0.05) is 18.7 Å². The fourth-order valence-electron chi connectivity index (χ4n) is 2.83. The first-order valence-corrected chi connectivity index (χ1v) is 7.48. The van der Waals surface area contributed by atoms with Crippen LogP contribution in [0.1, 0.15) is 22.3 Å². The van der Waals surface area contributed by atoms with Crippen molar-refractivity contribution in [1.82, 2.24) is 4.90 Å². The van der Waals surface area contributed by atoms with Crippen molar-refractivity contribution in [2.24, 2.45) is 11.7 Å². The lowest BCUT2D eigenvalue weighted by atomic mass is 9.97. The fourth-order valence-corrected chi connectivity index (χ4v) is 2.83. The van der Waals surface area contributed by atoms with E-state index in [0.717, 1.165) is 26.1 Å². The van der Waals surface area contributed by atoms with Gasteiger partial charge in [0.05, 0.1) is 19.8 Å². The van der Waals surface area contributed by atoms with Gasteiger partial charge in [-0.2, -0.15) is 0 Å². The lowest BCUT2D eigenvalue weighted by Gasteiger charge is -2.16. The van der Waals surface area contributed by atoms with Crippen molar-refractivity contribution in [3.63, 3.8) is 0 Å². The van der Waals surface area contributed by atoms with E-state index in [2.05, 4.69) is 11.0 Å². The molecule has 1 fully saturated rings. The van der Waals surface area contributed by atoms with E-state index in [-0.39, 0.29) is 12.5 Å². The van der Waals surface area contributed by atoms with Crippen LogP contribution in [0.5, 0.6) is 0 Å². The minimum absolute atomic E-state index is 0.0822. The van der Waals surface area contributed by atoms with Gasteiger partial charge in [0.25, 0.3) is 0 Å². The summed E-state index contributed by atoms with van der Waals surface area (Å²) in [5.74, 6) is 0.247. The van der Waals surface area contributed by atoms with Crippen LogP contribution in [0, 0.1) is 5.92 Å². The smallest absolute Gasteiger partial charge is 0.248 e. The highest BCUT2D eigenvalue weighted by Crippen LogP contribution is 2.21. The second kappa shape index (κ2) is 8.12. The number of amides is 1. The molecule has 1 aromatic rings. The van der Waals surface area contributed by atoms with Gasteiger partial charge in [-0.05, 0) is 43.0 Å². The SMILES string of the molecule is NC(=O)c1cccc(C[C@H]2CCN(CCOCCO)C2)c1. The Kier molecular flexibility index (Phi) is 6.17. The Morgan fingerprint density at radius 1 is 1.43 bits per heavy atom. The summed E-state index contributed by atoms with van der Waals surface area (Å²) in [7, 11) is 0. The molecule has 0 bridgehead atoms. The largest absolute Gasteiger partial charge is 0.394 e. The normalized spacial score (nSPS) is 19.0. The molecule has 1 heterocycles. The van der Waals surface area contributed by atoms with Crippen molar-refractivity contribution in [2.45, 2.75) is 12.8 Å². The summed E-state index contributed by atoms with van der Waals surface area (Å²) in [5, 5.41) is 8.65. The maximum absolute atomic E-state index is 11.2. The van der Waals surface area contributed by atoms with Gasteiger partial charge in [0.1, 0.15) is 0 Å². The van der Waals surface area contributed by atoms with Crippen LogP contribution >= 0.6 is 0 Å². The van der Waals surface area contributed by atoms with Crippen LogP contribution in [0.2, 0.25) is 0 Å². The van der Waals surface area contributed by atoms with Gasteiger partial charge < -0.3 is 20.5 Å². The molecule has 3 N–H and O–H groups in total. The monoisotopic (exact) mass is 292 g/mol. The molecule has 1 amide bonds. The number of hydrogen-bond donors (Lipinski definition) is 2. The van der Waals surface area contributed by atoms with E-state index >= 15 is 0 Å². The molecule has 1 atom stereocenters. The number of likely N-dealkylation sites (tertiary alicyclic amines) is 1. The van der Waals surface area contributed by atoms with Crippen molar-refractivity contribution in [3.05, 3.63) is 35.4 Å². The summed E-state index contributed by atoms with van der Waals surface area (Å²) in [6, 6.07) is 7.60. The lowest BCUT2D eigenvalue weighted by molar-refractivity contribution is 0.0775. The van der Waals surface area contributed by atoms with Crippen LogP contribution < -0.4 is 5.73 Å². The number of nitrogens with two attached hydrogens (primary N) is 1. The van der Waals surface area contributed by atoms with Crippen molar-refractivity contribution in [2.75, 3.05) is 39.5 Å². The van der Waals surface area contributed by atoms with E-state index in [1.54, 1.807) is 6.07 Å². The Balaban J connectivity index is 1.77. The third-order valence-corrected chi connectivity index (χ3v) is 3.89. The molecule has 1 aromatic carbocycles. The van der Waals surface area contributed by atoms with E-state index < -0.39 is 0 Å². The number of aliphatic hydroxyl groups is 1. The molecule has 0 unspecified atom stereocenters. The van der Waals surface area contributed by atoms with E-state index in [4.69, 9.17) is 15.6 Å². The number of benzene rings is 1. The molecule has 5 heteroatoms. The van der Waals surface area contributed by atoms with Gasteiger partial charge in [-0.3, -0.25) is 4.79 Å². The van der Waals surface area contributed by atoms with E-state index in [0.29, 0.717) is 24.7 Å². The summed E-state index contributed by atoms with van der Waals surface area (Å²) in [6.07, 6.45) is 2.15. The van der Waals surface area contributed by atoms with Gasteiger partial charge in [-0.1, -0.05) is 12.1 Å². The zero-order valence-corrected chi connectivity index (χ0v) is 12.3. The topological polar surface area (TPSA) is 75.8 Å². The van der Waals surface area contributed by atoms with Crippen LogP contribution in [-0.4, -0.2) is 55.4 Å². The first kappa shape index (κ1) is 15.9. The average Bonchev–Trinajstić information content (AvgIpc) is 2.91. The number of rotatable bonds is 8. The van der Waals surface area contributed by atoms with Crippen molar-refractivity contribution in [1.29, 1.82) is 0 Å². The number of carbonyl (C=O) groups is 1. The standard InChI is InChI=1S/C16H24N2O3/c17-16(20)15-3-1-2-13(11-15)10-14-4-5-18(12-14)6-8-21-9-7-19/h1-3,11,14,19H,4-10,12H2,(H2,17,20)/t14-/m1/s1. The number of nitrogens with zero attached hydrogens (tertiary/aromatic N) is 1. The minimum Gasteiger partial charge on any atom is -0.394 e. The molecular weight excluding hydrogens is 268 g/mol. The van der Waals surface area contributed by atoms with E-state index in [1.165, 1.54) is 12.0 Å². The number of hydrogen-bond acceptors (Lipinski definition) is 4. The van der Waals surface area contributed by atoms with Gasteiger partial charge in [0.2, 0.25) is 5.91 Å². The second-order valence-corrected chi connectivity index (χ2v) is 5.56. The summed E-state index contributed by atoms with van der Waals surface area (Å²) in [6.45, 7) is 4.23. The molecule has 0 radical (unpaired) electrons. The number of aliphatic hydroxyl groups excluding tert-OH is 1. The second-order valence-electron chi connectivity index (χ2n) is 5.56. The molecule has 1 aliphatic heterocycles. The Hall–Kier alpha value is -1.43. The Labute approximate surface area is 125 Å². The van der Waals surface area contributed by atoms with Gasteiger partial charge in [-0.15, -0.1) is 0 Å². The third-order valence-electron chi connectivity index (χ3n) is 3.89. The lowest BCUT2D eigenvalue weighted by Crippen LogP contribution is -2.26. The van der Waals surface area contributed by atoms with Crippen LogP contribution in [-0.2, 0) is 11.2 Å². The Bertz CT molecular complexity index is 465. The molecule has 5 nitrogen and oxygen atoms in total. The van der Waals surface area contributed by atoms with Crippen molar-refractivity contribution < 1.29 is 14.6 Å². The molecule has 21 heavy (non-hydrogen) atoms. The summed E-state index contributed by atoms with van der Waals surface area (Å²) in [4.78, 5) is 13.6. The first-order valence-electron chi connectivity index (χ1n) is 7.48. The zero-order chi connectivity index (χ0) is 15.1. The van der Waals surface area contributed by atoms with E-state index in [1.807, 2.05) is 12.1 Å². The Morgan fingerprint density at radius 2 is 2.29 bits per heavy atom. The maximum Gasteiger partial charge on any atom is 0.248 e. The van der Waals surface area contributed by atoms with Gasteiger partial charge >= 0.3 is 0 Å². The predicted octanol–water partition coefficient (Wildman–Crippen LogP) is 0.659. The molecule has 2 rings (SSSR count). The summed E-state index contributed by atoms with van der Waals surface area (Å²) >= 11 is 0. The Morgan fingerprint density at radius 3 is 3.05 bits per heavy atom. The number of carbonyl (C=O) groups excluding carboxylic acids is 1. The molecule has 0 spiro atoms. The number of primary amides is 1. The van der Waals surface area contributed by atoms with Crippen molar-refractivity contribution >= 4 is 5.91 Å². The van der Waals surface area contributed by atoms with Crippen LogP contribution in [0.4, 0.5) is 0 Å². The minimum atomic E-state index is -0.370. The average molecular weight is 292 g/mol. The van der Waals surface area contributed by atoms with Gasteiger partial charge in [0.15, 0.2) is 0 Å². The molecule has 0 aliphatic carbocycles. The first-order chi connectivity index (χ1) is 10.2. The van der Waals surface area contributed by atoms with Crippen molar-refractivity contribution in [3.8, 4) is 0 Å². The van der Waals surface area contributed by atoms with Crippen LogP contribution in [0.15, 0.2) is 24.3 Å². The van der Waals surface area contributed by atoms with Crippen LogP contribution in [0.25, 0.3) is 0 Å². The molecule has 0 aromatic heterocycles. The molecule has 1 aliphatic rings. The third kappa shape index (κ3) is 5.12. The molecule has 0 saturated carbocycles. The summed E-state index contributed by atoms with van der Waals surface area (Å²) in [5.41, 5.74) is 7.07. The van der Waals surface area contributed by atoms with E-state index in [9.17, 15) is 4.79 Å². The summed E-state index contributed by atoms with van der Waals surface area (Å²) < 4.78 is 5.30. The van der Waals surface area contributed by atoms with Gasteiger partial charge in [-0.25, -0.2) is 0 Å². The molecular formula is C16H24N2O3. The zero-order valence-electron chi connectivity index (χ0n) is 12.3. The molecule has 1 saturated heterocycles. The van der Waals surface area contributed by atoms with Crippen LogP contribution in [0.3, 0.4) is 0 Å². The fraction of sp³-hybridized carbons (Fsp3) is 0.562. The highest BCUT2D eigenvalue weighted by molar-refractivity contribution is 5.92. The number of ether oxygens (including phenoxy) is 1. The predicted molar refractivity (Wildman–Crippen MR) is 81.1 cm³/mol.